The maximum atomic E-state index is 13.5. The van der Waals surface area contributed by atoms with Crippen molar-refractivity contribution >= 4 is 18.0 Å². The second-order valence-electron chi connectivity index (χ2n) is 9.22. The second-order valence-corrected chi connectivity index (χ2v) is 9.22. The molecule has 0 aliphatic carbocycles. The van der Waals surface area contributed by atoms with E-state index in [4.69, 9.17) is 4.74 Å². The number of piperidine rings is 1. The Kier molecular flexibility index (Phi) is 6.25. The first-order chi connectivity index (χ1) is 14.3. The summed E-state index contributed by atoms with van der Waals surface area (Å²) in [6, 6.07) is 4.35. The topological polar surface area (TPSA) is 87.1 Å². The van der Waals surface area contributed by atoms with Crippen LogP contribution >= 0.6 is 0 Å². The highest BCUT2D eigenvalue weighted by molar-refractivity contribution is 5.98. The van der Waals surface area contributed by atoms with Crippen molar-refractivity contribution in [2.45, 2.75) is 57.5 Å². The van der Waals surface area contributed by atoms with E-state index in [2.05, 4.69) is 0 Å². The fraction of sp³-hybridized carbons (Fsp3) is 0.591. The number of rotatable bonds is 3. The number of hydrogen-bond acceptors (Lipinski definition) is 4. The van der Waals surface area contributed by atoms with Gasteiger partial charge in [-0.15, -0.1) is 0 Å². The Morgan fingerprint density at radius 3 is 2.16 bits per heavy atom. The molecule has 170 valence electrons. The van der Waals surface area contributed by atoms with Gasteiger partial charge in [0.2, 0.25) is 0 Å². The molecule has 0 unspecified atom stereocenters. The van der Waals surface area contributed by atoms with Crippen molar-refractivity contribution in [3.8, 4) is 0 Å². The molecule has 0 saturated carbocycles. The maximum absolute atomic E-state index is 13.5. The number of halogens is 2. The van der Waals surface area contributed by atoms with Crippen LogP contribution in [0.1, 0.15) is 72.2 Å². The number of benzene rings is 1. The predicted molar refractivity (Wildman–Crippen MR) is 109 cm³/mol. The lowest BCUT2D eigenvalue weighted by atomic mass is 9.87. The van der Waals surface area contributed by atoms with Crippen molar-refractivity contribution in [2.75, 3.05) is 26.2 Å². The lowest BCUT2D eigenvalue weighted by Crippen LogP contribution is -2.41. The van der Waals surface area contributed by atoms with Gasteiger partial charge in [-0.25, -0.2) is 18.4 Å². The van der Waals surface area contributed by atoms with E-state index in [0.717, 1.165) is 4.90 Å². The summed E-state index contributed by atoms with van der Waals surface area (Å²) >= 11 is 0. The standard InChI is InChI=1S/C22H28F2N2O5/c1-21(2,3)31-20(30)25-7-4-14(5-8-25)15-10-16(12-17(11-15)19(28)29)18(27)26-9-6-22(23,24)13-26/h10-12,14H,4-9,13H2,1-3H3,(H,28,29). The molecule has 3 rings (SSSR count). The highest BCUT2D eigenvalue weighted by Gasteiger charge is 2.40. The number of likely N-dealkylation sites (tertiary alicyclic amines) is 2. The van der Waals surface area contributed by atoms with E-state index in [-0.39, 0.29) is 23.6 Å². The minimum Gasteiger partial charge on any atom is -0.478 e. The average Bonchev–Trinajstić information content (AvgIpc) is 3.05. The number of carboxylic acids is 1. The molecule has 2 aliphatic heterocycles. The zero-order chi connectivity index (χ0) is 23.0. The van der Waals surface area contributed by atoms with E-state index in [1.165, 1.54) is 12.1 Å². The molecular formula is C22H28F2N2O5. The van der Waals surface area contributed by atoms with Crippen molar-refractivity contribution in [1.82, 2.24) is 9.80 Å². The van der Waals surface area contributed by atoms with Crippen LogP contribution in [0.15, 0.2) is 18.2 Å². The molecule has 0 spiro atoms. The molecule has 2 fully saturated rings. The summed E-state index contributed by atoms with van der Waals surface area (Å²) in [5.74, 6) is -4.75. The van der Waals surface area contributed by atoms with Gasteiger partial charge in [-0.2, -0.15) is 0 Å². The van der Waals surface area contributed by atoms with Gasteiger partial charge in [0.1, 0.15) is 5.60 Å². The fourth-order valence-electron chi connectivity index (χ4n) is 3.95. The summed E-state index contributed by atoms with van der Waals surface area (Å²) in [7, 11) is 0. The third-order valence-corrected chi connectivity index (χ3v) is 5.52. The molecule has 1 aromatic carbocycles. The van der Waals surface area contributed by atoms with Gasteiger partial charge >= 0.3 is 12.1 Å². The Balaban J connectivity index is 1.75. The number of ether oxygens (including phenoxy) is 1. The van der Waals surface area contributed by atoms with Gasteiger partial charge in [-0.1, -0.05) is 0 Å². The average molecular weight is 438 g/mol. The van der Waals surface area contributed by atoms with E-state index in [1.54, 1.807) is 31.7 Å². The van der Waals surface area contributed by atoms with Gasteiger partial charge in [0.25, 0.3) is 11.8 Å². The van der Waals surface area contributed by atoms with E-state index in [1.807, 2.05) is 0 Å². The largest absolute Gasteiger partial charge is 0.478 e. The molecule has 9 heteroatoms. The summed E-state index contributed by atoms with van der Waals surface area (Å²) < 4.78 is 32.4. The van der Waals surface area contributed by atoms with Crippen LogP contribution in [0.4, 0.5) is 13.6 Å². The SMILES string of the molecule is CC(C)(C)OC(=O)N1CCC(c2cc(C(=O)O)cc(C(=O)N3CCC(F)(F)C3)c2)CC1. The smallest absolute Gasteiger partial charge is 0.410 e. The monoisotopic (exact) mass is 438 g/mol. The van der Waals surface area contributed by atoms with Crippen LogP contribution in [0.2, 0.25) is 0 Å². The van der Waals surface area contributed by atoms with Crippen molar-refractivity contribution < 1.29 is 33.0 Å². The van der Waals surface area contributed by atoms with Crippen molar-refractivity contribution in [1.29, 1.82) is 0 Å². The summed E-state index contributed by atoms with van der Waals surface area (Å²) in [5, 5.41) is 9.47. The van der Waals surface area contributed by atoms with Crippen LogP contribution < -0.4 is 0 Å². The molecule has 2 amide bonds. The molecule has 2 aliphatic rings. The summed E-state index contributed by atoms with van der Waals surface area (Å²) in [5.41, 5.74) is 0.118. The van der Waals surface area contributed by atoms with Crippen LogP contribution in [0.25, 0.3) is 0 Å². The van der Waals surface area contributed by atoms with E-state index < -0.39 is 42.5 Å². The van der Waals surface area contributed by atoms with Crippen LogP contribution in [0, 0.1) is 0 Å². The minimum atomic E-state index is -2.92. The number of amides is 2. The molecule has 0 atom stereocenters. The van der Waals surface area contributed by atoms with Gasteiger partial charge < -0.3 is 19.6 Å². The van der Waals surface area contributed by atoms with Crippen LogP contribution in [-0.4, -0.2) is 70.6 Å². The molecule has 0 aromatic heterocycles. The number of aromatic carboxylic acids is 1. The number of carbonyl (C=O) groups is 3. The van der Waals surface area contributed by atoms with Crippen molar-refractivity contribution in [3.63, 3.8) is 0 Å². The Morgan fingerprint density at radius 2 is 1.65 bits per heavy atom. The maximum Gasteiger partial charge on any atom is 0.410 e. The van der Waals surface area contributed by atoms with Gasteiger partial charge in [0.05, 0.1) is 12.1 Å². The lowest BCUT2D eigenvalue weighted by Gasteiger charge is -2.33. The van der Waals surface area contributed by atoms with Crippen LogP contribution in [0.5, 0.6) is 0 Å². The second kappa shape index (κ2) is 8.43. The van der Waals surface area contributed by atoms with Gasteiger partial charge in [-0.3, -0.25) is 4.79 Å². The number of carboxylic acid groups (broad SMARTS) is 1. The summed E-state index contributed by atoms with van der Waals surface area (Å²) in [6.07, 6.45) is 0.374. The molecule has 31 heavy (non-hydrogen) atoms. The van der Waals surface area contributed by atoms with Gasteiger partial charge in [-0.05, 0) is 63.3 Å². The highest BCUT2D eigenvalue weighted by atomic mass is 19.3. The van der Waals surface area contributed by atoms with Crippen molar-refractivity contribution in [3.05, 3.63) is 34.9 Å². The molecule has 2 heterocycles. The number of carbonyl (C=O) groups excluding carboxylic acids is 2. The minimum absolute atomic E-state index is 0.0513. The third-order valence-electron chi connectivity index (χ3n) is 5.52. The summed E-state index contributed by atoms with van der Waals surface area (Å²) in [6.45, 7) is 5.55. The first-order valence-electron chi connectivity index (χ1n) is 10.4. The molecule has 2 saturated heterocycles. The molecule has 1 aromatic rings. The fourth-order valence-corrected chi connectivity index (χ4v) is 3.95. The number of alkyl halides is 2. The molecule has 1 N–H and O–H groups in total. The van der Waals surface area contributed by atoms with Crippen LogP contribution in [0.3, 0.4) is 0 Å². The Labute approximate surface area is 180 Å². The van der Waals surface area contributed by atoms with E-state index in [9.17, 15) is 28.3 Å². The normalized spacial score (nSPS) is 19.4. The zero-order valence-corrected chi connectivity index (χ0v) is 18.0. The number of hydrogen-bond donors (Lipinski definition) is 1. The first kappa shape index (κ1) is 23.0. The molecule has 7 nitrogen and oxygen atoms in total. The lowest BCUT2D eigenvalue weighted by molar-refractivity contribution is 0.0119. The molecule has 0 radical (unpaired) electrons. The molecular weight excluding hydrogens is 410 g/mol. The highest BCUT2D eigenvalue weighted by Crippen LogP contribution is 2.32. The van der Waals surface area contributed by atoms with Crippen molar-refractivity contribution in [2.24, 2.45) is 0 Å². The Bertz CT molecular complexity index is 873. The molecule has 0 bridgehead atoms. The van der Waals surface area contributed by atoms with Gasteiger partial charge in [0, 0.05) is 31.6 Å². The predicted octanol–water partition coefficient (Wildman–Crippen LogP) is 3.98. The van der Waals surface area contributed by atoms with Crippen LogP contribution in [-0.2, 0) is 4.74 Å². The number of nitrogens with zero attached hydrogens (tertiary/aromatic N) is 2. The zero-order valence-electron chi connectivity index (χ0n) is 18.0. The Hall–Kier alpha value is -2.71. The third kappa shape index (κ3) is 5.71. The van der Waals surface area contributed by atoms with Gasteiger partial charge in [0.15, 0.2) is 0 Å². The first-order valence-corrected chi connectivity index (χ1v) is 10.4. The Morgan fingerprint density at radius 1 is 1.03 bits per heavy atom. The summed E-state index contributed by atoms with van der Waals surface area (Å²) in [4.78, 5) is 39.3. The quantitative estimate of drug-likeness (QED) is 0.771. The van der Waals surface area contributed by atoms with E-state index >= 15 is 0 Å². The van der Waals surface area contributed by atoms with E-state index in [0.29, 0.717) is 31.5 Å².